The maximum absolute atomic E-state index is 12.2. The van der Waals surface area contributed by atoms with E-state index >= 15 is 0 Å². The van der Waals surface area contributed by atoms with Crippen LogP contribution in [0.15, 0.2) is 0 Å². The number of hydrogen-bond donors (Lipinski definition) is 1. The van der Waals surface area contributed by atoms with Gasteiger partial charge in [0.15, 0.2) is 0 Å². The van der Waals surface area contributed by atoms with Crippen LogP contribution in [0.1, 0.15) is 19.3 Å². The lowest BCUT2D eigenvalue weighted by molar-refractivity contribution is -0.152. The summed E-state index contributed by atoms with van der Waals surface area (Å²) in [7, 11) is 0. The predicted molar refractivity (Wildman–Crippen MR) is 45.9 cm³/mol. The van der Waals surface area contributed by atoms with E-state index in [9.17, 15) is 13.2 Å². The van der Waals surface area contributed by atoms with Gasteiger partial charge >= 0.3 is 6.18 Å². The van der Waals surface area contributed by atoms with Crippen molar-refractivity contribution >= 4 is 12.4 Å². The van der Waals surface area contributed by atoms with Gasteiger partial charge in [-0.2, -0.15) is 13.2 Å². The van der Waals surface area contributed by atoms with E-state index in [1.807, 2.05) is 0 Å². The molecule has 1 nitrogen and oxygen atoms in total. The minimum atomic E-state index is -3.97. The topological polar surface area (TPSA) is 12.0 Å². The molecule has 0 aromatic rings. The van der Waals surface area contributed by atoms with Crippen molar-refractivity contribution < 1.29 is 13.2 Å². The van der Waals surface area contributed by atoms with Gasteiger partial charge < -0.3 is 5.32 Å². The van der Waals surface area contributed by atoms with Crippen LogP contribution in [-0.4, -0.2) is 18.8 Å². The molecule has 1 aliphatic heterocycles. The van der Waals surface area contributed by atoms with Gasteiger partial charge in [0.05, 0.1) is 5.92 Å². The minimum absolute atomic E-state index is 0. The molecule has 1 aliphatic carbocycles. The Bertz CT molecular complexity index is 171. The van der Waals surface area contributed by atoms with Gasteiger partial charge in [-0.1, -0.05) is 6.42 Å². The lowest BCUT2D eigenvalue weighted by Gasteiger charge is -2.07. The van der Waals surface area contributed by atoms with Crippen LogP contribution in [-0.2, 0) is 0 Å². The molecule has 0 aromatic carbocycles. The van der Waals surface area contributed by atoms with Crippen LogP contribution in [0, 0.1) is 11.8 Å². The first-order valence-corrected chi connectivity index (χ1v) is 4.41. The van der Waals surface area contributed by atoms with Crippen LogP contribution < -0.4 is 5.32 Å². The highest BCUT2D eigenvalue weighted by Crippen LogP contribution is 2.53. The molecule has 1 N–H and O–H groups in total. The van der Waals surface area contributed by atoms with Gasteiger partial charge in [0.1, 0.15) is 0 Å². The maximum atomic E-state index is 12.2. The normalized spacial score (nSPS) is 38.5. The number of nitrogens with one attached hydrogen (secondary N) is 1. The summed E-state index contributed by atoms with van der Waals surface area (Å²) in [5.41, 5.74) is 0. The molecule has 1 heterocycles. The van der Waals surface area contributed by atoms with E-state index < -0.39 is 12.1 Å². The standard InChI is InChI=1S/C8H12F3N.ClH/c9-8(10,11)6-5-3-1-2-4-12-7(5)6;/h5-7,12H,1-4H2;1H. The SMILES string of the molecule is Cl.FC(F)(F)C1C2CCCCNC21. The van der Waals surface area contributed by atoms with E-state index in [0.717, 1.165) is 25.8 Å². The lowest BCUT2D eigenvalue weighted by atomic mass is 10.1. The molecule has 2 rings (SSSR count). The van der Waals surface area contributed by atoms with Gasteiger partial charge in [-0.25, -0.2) is 0 Å². The summed E-state index contributed by atoms with van der Waals surface area (Å²) in [4.78, 5) is 0. The molecule has 0 bridgehead atoms. The summed E-state index contributed by atoms with van der Waals surface area (Å²) in [6.07, 6.45) is -1.25. The zero-order valence-corrected chi connectivity index (χ0v) is 7.92. The fourth-order valence-corrected chi connectivity index (χ4v) is 2.23. The number of fused-ring (bicyclic) bond motifs is 1. The predicted octanol–water partition coefficient (Wildman–Crippen LogP) is 2.36. The third kappa shape index (κ3) is 2.10. The number of halogens is 4. The van der Waals surface area contributed by atoms with Crippen molar-refractivity contribution in [2.75, 3.05) is 6.54 Å². The fourth-order valence-electron chi connectivity index (χ4n) is 2.23. The third-order valence-corrected chi connectivity index (χ3v) is 2.89. The first-order chi connectivity index (χ1) is 5.61. The molecule has 2 aliphatic rings. The van der Waals surface area contributed by atoms with Crippen molar-refractivity contribution in [3.63, 3.8) is 0 Å². The summed E-state index contributed by atoms with van der Waals surface area (Å²) in [5.74, 6) is -1.16. The smallest absolute Gasteiger partial charge is 0.313 e. The molecule has 1 saturated carbocycles. The summed E-state index contributed by atoms with van der Waals surface area (Å²) >= 11 is 0. The van der Waals surface area contributed by atoms with Crippen LogP contribution in [0.25, 0.3) is 0 Å². The number of rotatable bonds is 0. The molecular formula is C8H13ClF3N. The van der Waals surface area contributed by atoms with Crippen LogP contribution in [0.3, 0.4) is 0 Å². The van der Waals surface area contributed by atoms with Gasteiger partial charge in [-0.3, -0.25) is 0 Å². The molecule has 13 heavy (non-hydrogen) atoms. The highest BCUT2D eigenvalue weighted by Gasteiger charge is 2.63. The van der Waals surface area contributed by atoms with Gasteiger partial charge in [-0.05, 0) is 25.3 Å². The van der Waals surface area contributed by atoms with Crippen molar-refractivity contribution in [3.05, 3.63) is 0 Å². The van der Waals surface area contributed by atoms with E-state index in [4.69, 9.17) is 0 Å². The highest BCUT2D eigenvalue weighted by atomic mass is 35.5. The molecule has 78 valence electrons. The van der Waals surface area contributed by atoms with Gasteiger partial charge in [-0.15, -0.1) is 12.4 Å². The van der Waals surface area contributed by atoms with Gasteiger partial charge in [0.2, 0.25) is 0 Å². The molecule has 3 unspecified atom stereocenters. The monoisotopic (exact) mass is 215 g/mol. The average Bonchev–Trinajstić information content (AvgIpc) is 2.54. The zero-order chi connectivity index (χ0) is 8.77. The Morgan fingerprint density at radius 1 is 1.15 bits per heavy atom. The first kappa shape index (κ1) is 11.1. The molecular weight excluding hydrogens is 203 g/mol. The van der Waals surface area contributed by atoms with E-state index in [1.165, 1.54) is 0 Å². The largest absolute Gasteiger partial charge is 0.393 e. The van der Waals surface area contributed by atoms with E-state index in [-0.39, 0.29) is 24.4 Å². The maximum Gasteiger partial charge on any atom is 0.393 e. The summed E-state index contributed by atoms with van der Waals surface area (Å²) in [5, 5.41) is 2.96. The number of hydrogen-bond acceptors (Lipinski definition) is 1. The van der Waals surface area contributed by atoms with E-state index in [1.54, 1.807) is 0 Å². The summed E-state index contributed by atoms with van der Waals surface area (Å²) in [6.45, 7) is 0.758. The second-order valence-corrected chi connectivity index (χ2v) is 3.71. The summed E-state index contributed by atoms with van der Waals surface area (Å²) < 4.78 is 36.7. The minimum Gasteiger partial charge on any atom is -0.313 e. The van der Waals surface area contributed by atoms with Crippen LogP contribution in [0.4, 0.5) is 13.2 Å². The van der Waals surface area contributed by atoms with Gasteiger partial charge in [0.25, 0.3) is 0 Å². The third-order valence-electron chi connectivity index (χ3n) is 2.89. The van der Waals surface area contributed by atoms with Crippen LogP contribution >= 0.6 is 12.4 Å². The van der Waals surface area contributed by atoms with Crippen molar-refractivity contribution in [2.45, 2.75) is 31.5 Å². The van der Waals surface area contributed by atoms with Crippen molar-refractivity contribution in [1.29, 1.82) is 0 Å². The molecule has 0 aromatic heterocycles. The Kier molecular flexibility index (Phi) is 3.12. The Hall–Kier alpha value is 0.0400. The second-order valence-electron chi connectivity index (χ2n) is 3.71. The van der Waals surface area contributed by atoms with E-state index in [2.05, 4.69) is 5.32 Å². The fraction of sp³-hybridized carbons (Fsp3) is 1.00. The van der Waals surface area contributed by atoms with Crippen molar-refractivity contribution in [2.24, 2.45) is 11.8 Å². The Labute approximate surface area is 81.5 Å². The summed E-state index contributed by atoms with van der Waals surface area (Å²) in [6, 6.07) is -0.257. The van der Waals surface area contributed by atoms with Gasteiger partial charge in [0, 0.05) is 6.04 Å². The molecule has 3 atom stereocenters. The lowest BCUT2D eigenvalue weighted by Crippen LogP contribution is -2.24. The van der Waals surface area contributed by atoms with Crippen molar-refractivity contribution in [3.8, 4) is 0 Å². The first-order valence-electron chi connectivity index (χ1n) is 4.41. The molecule has 0 spiro atoms. The molecule has 2 fully saturated rings. The Morgan fingerprint density at radius 3 is 2.46 bits per heavy atom. The van der Waals surface area contributed by atoms with Crippen molar-refractivity contribution in [1.82, 2.24) is 5.32 Å². The molecule has 0 radical (unpaired) electrons. The Balaban J connectivity index is 0.000000845. The van der Waals surface area contributed by atoms with Crippen LogP contribution in [0.2, 0.25) is 0 Å². The quantitative estimate of drug-likeness (QED) is 0.654. The van der Waals surface area contributed by atoms with Crippen LogP contribution in [0.5, 0.6) is 0 Å². The average molecular weight is 216 g/mol. The Morgan fingerprint density at radius 2 is 1.85 bits per heavy atom. The number of alkyl halides is 3. The highest BCUT2D eigenvalue weighted by molar-refractivity contribution is 5.85. The molecule has 1 saturated heterocycles. The zero-order valence-electron chi connectivity index (χ0n) is 7.10. The molecule has 5 heteroatoms. The molecule has 0 amide bonds. The van der Waals surface area contributed by atoms with E-state index in [0.29, 0.717) is 0 Å². The second kappa shape index (κ2) is 3.65.